The molecule has 5 heteroatoms. The van der Waals surface area contributed by atoms with Gasteiger partial charge in [-0.15, -0.1) is 0 Å². The molecule has 3 atom stereocenters. The number of benzene rings is 3. The van der Waals surface area contributed by atoms with E-state index in [1.807, 2.05) is 22.9 Å². The van der Waals surface area contributed by atoms with Gasteiger partial charge in [0.25, 0.3) is 0 Å². The molecule has 0 radical (unpaired) electrons. The standard InChI is InChI=1S/C32H36N2O3/c1-3-4-13-31-33-32-27(23-9-6-5-7-10-23)11-8-12-28(32)34(31)36-21-25-16-17-26(35-2)20-30(25)37-29-19-22-14-15-24(29)18-22/h5-12,16-17,20,22,24,29H,3-4,13-15,18-19,21H2,1-2H3. The maximum absolute atomic E-state index is 6.63. The van der Waals surface area contributed by atoms with Gasteiger partial charge in [0, 0.05) is 23.6 Å². The highest BCUT2D eigenvalue weighted by Gasteiger charge is 2.41. The fraction of sp³-hybridized carbons (Fsp3) is 0.406. The minimum Gasteiger partial charge on any atom is -0.497 e. The lowest BCUT2D eigenvalue weighted by atomic mass is 9.97. The fourth-order valence-electron chi connectivity index (χ4n) is 6.13. The molecule has 2 saturated carbocycles. The van der Waals surface area contributed by atoms with E-state index in [2.05, 4.69) is 55.5 Å². The SMILES string of the molecule is CCCCc1nc2c(-c3ccccc3)cccc2n1OCc1ccc(OC)cc1OC1CC2CCC1C2. The van der Waals surface area contributed by atoms with E-state index in [0.29, 0.717) is 18.6 Å². The van der Waals surface area contributed by atoms with E-state index in [-0.39, 0.29) is 0 Å². The van der Waals surface area contributed by atoms with Crippen LogP contribution >= 0.6 is 0 Å². The van der Waals surface area contributed by atoms with E-state index in [0.717, 1.165) is 76.6 Å². The molecular formula is C32H36N2O3. The van der Waals surface area contributed by atoms with Gasteiger partial charge in [0.2, 0.25) is 0 Å². The summed E-state index contributed by atoms with van der Waals surface area (Å²) in [4.78, 5) is 11.6. The molecule has 0 aliphatic heterocycles. The van der Waals surface area contributed by atoms with Gasteiger partial charge in [0.05, 0.1) is 7.11 Å². The second-order valence-corrected chi connectivity index (χ2v) is 10.5. The topological polar surface area (TPSA) is 45.5 Å². The van der Waals surface area contributed by atoms with E-state index in [1.54, 1.807) is 7.11 Å². The van der Waals surface area contributed by atoms with Crippen LogP contribution in [-0.4, -0.2) is 22.9 Å². The number of para-hydroxylation sites is 1. The summed E-state index contributed by atoms with van der Waals surface area (Å²) in [5.41, 5.74) is 5.30. The molecule has 3 aromatic carbocycles. The monoisotopic (exact) mass is 496 g/mol. The Hall–Kier alpha value is -3.47. The van der Waals surface area contributed by atoms with E-state index in [9.17, 15) is 0 Å². The second kappa shape index (κ2) is 10.5. The number of aryl methyl sites for hydroxylation is 1. The van der Waals surface area contributed by atoms with Gasteiger partial charge in [-0.25, -0.2) is 4.98 Å². The van der Waals surface area contributed by atoms with Gasteiger partial charge in [-0.2, -0.15) is 4.73 Å². The van der Waals surface area contributed by atoms with Crippen LogP contribution in [0.5, 0.6) is 11.5 Å². The van der Waals surface area contributed by atoms with Crippen molar-refractivity contribution >= 4 is 11.0 Å². The Kier molecular flexibility index (Phi) is 6.77. The van der Waals surface area contributed by atoms with Crippen LogP contribution < -0.4 is 14.3 Å². The third kappa shape index (κ3) is 4.79. The first kappa shape index (κ1) is 23.9. The number of rotatable bonds is 10. The first-order chi connectivity index (χ1) is 18.2. The smallest absolute Gasteiger partial charge is 0.146 e. The van der Waals surface area contributed by atoms with Gasteiger partial charge in [0.1, 0.15) is 41.1 Å². The van der Waals surface area contributed by atoms with Gasteiger partial charge >= 0.3 is 0 Å². The summed E-state index contributed by atoms with van der Waals surface area (Å²) in [6, 6.07) is 22.9. The van der Waals surface area contributed by atoms with Crippen LogP contribution in [0, 0.1) is 11.8 Å². The molecule has 6 rings (SSSR count). The van der Waals surface area contributed by atoms with Crippen molar-refractivity contribution in [2.75, 3.05) is 7.11 Å². The molecule has 192 valence electrons. The van der Waals surface area contributed by atoms with Crippen molar-refractivity contribution < 1.29 is 14.3 Å². The summed E-state index contributed by atoms with van der Waals surface area (Å²) < 4.78 is 14.1. The molecule has 3 unspecified atom stereocenters. The minimum atomic E-state index is 0.298. The highest BCUT2D eigenvalue weighted by molar-refractivity contribution is 5.92. The molecule has 1 heterocycles. The number of hydrogen-bond donors (Lipinski definition) is 0. The first-order valence-electron chi connectivity index (χ1n) is 13.8. The van der Waals surface area contributed by atoms with Crippen LogP contribution in [0.25, 0.3) is 22.2 Å². The zero-order valence-electron chi connectivity index (χ0n) is 21.9. The molecule has 0 spiro atoms. The summed E-state index contributed by atoms with van der Waals surface area (Å²) in [5.74, 6) is 4.16. The molecule has 2 aliphatic rings. The zero-order valence-corrected chi connectivity index (χ0v) is 21.9. The third-order valence-electron chi connectivity index (χ3n) is 8.12. The number of fused-ring (bicyclic) bond motifs is 3. The average molecular weight is 497 g/mol. The minimum absolute atomic E-state index is 0.298. The van der Waals surface area contributed by atoms with Crippen molar-refractivity contribution in [2.24, 2.45) is 11.8 Å². The highest BCUT2D eigenvalue weighted by atomic mass is 16.7. The number of nitrogens with zero attached hydrogens (tertiary/aromatic N) is 2. The number of hydrogen-bond acceptors (Lipinski definition) is 4. The molecule has 37 heavy (non-hydrogen) atoms. The fourth-order valence-corrected chi connectivity index (χ4v) is 6.13. The normalized spacial score (nSPS) is 20.4. The number of unbranched alkanes of at least 4 members (excludes halogenated alkanes) is 1. The predicted octanol–water partition coefficient (Wildman–Crippen LogP) is 7.25. The van der Waals surface area contributed by atoms with E-state index >= 15 is 0 Å². The lowest BCUT2D eigenvalue weighted by Gasteiger charge is -2.25. The van der Waals surface area contributed by atoms with E-state index < -0.39 is 0 Å². The summed E-state index contributed by atoms with van der Waals surface area (Å²) in [6.45, 7) is 2.61. The maximum Gasteiger partial charge on any atom is 0.146 e. The molecule has 2 fully saturated rings. The Morgan fingerprint density at radius 3 is 2.62 bits per heavy atom. The number of aromatic nitrogens is 2. The Morgan fingerprint density at radius 1 is 0.973 bits per heavy atom. The quantitative estimate of drug-likeness (QED) is 0.232. The van der Waals surface area contributed by atoms with Crippen molar-refractivity contribution in [3.05, 3.63) is 78.1 Å². The molecule has 1 aromatic heterocycles. The van der Waals surface area contributed by atoms with Crippen molar-refractivity contribution in [1.29, 1.82) is 0 Å². The molecule has 4 aromatic rings. The number of ether oxygens (including phenoxy) is 2. The Morgan fingerprint density at radius 2 is 1.86 bits per heavy atom. The van der Waals surface area contributed by atoms with Crippen LogP contribution in [-0.2, 0) is 13.0 Å². The lowest BCUT2D eigenvalue weighted by Crippen LogP contribution is -2.24. The average Bonchev–Trinajstić information content (AvgIpc) is 3.66. The van der Waals surface area contributed by atoms with E-state index in [1.165, 1.54) is 19.3 Å². The van der Waals surface area contributed by atoms with Crippen LogP contribution in [0.15, 0.2) is 66.7 Å². The molecule has 5 nitrogen and oxygen atoms in total. The zero-order chi connectivity index (χ0) is 25.2. The van der Waals surface area contributed by atoms with E-state index in [4.69, 9.17) is 19.3 Å². The van der Waals surface area contributed by atoms with Crippen molar-refractivity contribution in [3.8, 4) is 22.6 Å². The Balaban J connectivity index is 1.31. The summed E-state index contributed by atoms with van der Waals surface area (Å²) in [7, 11) is 1.70. The van der Waals surface area contributed by atoms with Crippen LogP contribution in [0.2, 0.25) is 0 Å². The van der Waals surface area contributed by atoms with Gasteiger partial charge in [-0.05, 0) is 67.7 Å². The largest absolute Gasteiger partial charge is 0.497 e. The van der Waals surface area contributed by atoms with Gasteiger partial charge < -0.3 is 14.3 Å². The lowest BCUT2D eigenvalue weighted by molar-refractivity contribution is 0.0912. The molecule has 0 saturated heterocycles. The third-order valence-corrected chi connectivity index (χ3v) is 8.12. The Labute approximate surface area is 219 Å². The number of imidazole rings is 1. The molecule has 2 aliphatic carbocycles. The van der Waals surface area contributed by atoms with Crippen LogP contribution in [0.4, 0.5) is 0 Å². The highest BCUT2D eigenvalue weighted by Crippen LogP contribution is 2.46. The summed E-state index contributed by atoms with van der Waals surface area (Å²) >= 11 is 0. The summed E-state index contributed by atoms with van der Waals surface area (Å²) in [6.07, 6.45) is 8.46. The first-order valence-corrected chi connectivity index (χ1v) is 13.8. The summed E-state index contributed by atoms with van der Waals surface area (Å²) in [5, 5.41) is 0. The molecular weight excluding hydrogens is 460 g/mol. The van der Waals surface area contributed by atoms with Crippen molar-refractivity contribution in [2.45, 2.75) is 64.6 Å². The molecule has 0 amide bonds. The van der Waals surface area contributed by atoms with Crippen molar-refractivity contribution in [3.63, 3.8) is 0 Å². The molecule has 2 bridgehead atoms. The van der Waals surface area contributed by atoms with Gasteiger partial charge in [-0.3, -0.25) is 0 Å². The predicted molar refractivity (Wildman–Crippen MR) is 147 cm³/mol. The second-order valence-electron chi connectivity index (χ2n) is 10.5. The van der Waals surface area contributed by atoms with Crippen molar-refractivity contribution in [1.82, 2.24) is 9.71 Å². The van der Waals surface area contributed by atoms with Crippen LogP contribution in [0.3, 0.4) is 0 Å². The Bertz CT molecular complexity index is 1360. The maximum atomic E-state index is 6.63. The number of methoxy groups -OCH3 is 1. The van der Waals surface area contributed by atoms with Crippen LogP contribution in [0.1, 0.15) is 56.8 Å². The van der Waals surface area contributed by atoms with Gasteiger partial charge in [-0.1, -0.05) is 55.8 Å². The van der Waals surface area contributed by atoms with Gasteiger partial charge in [0.15, 0.2) is 0 Å². The molecule has 0 N–H and O–H groups in total.